The summed E-state index contributed by atoms with van der Waals surface area (Å²) in [5.74, 6) is 0. The molecule has 0 saturated heterocycles. The third-order valence-corrected chi connectivity index (χ3v) is 2.56. The van der Waals surface area contributed by atoms with Crippen molar-refractivity contribution in [1.29, 1.82) is 5.26 Å². The molecule has 0 fully saturated rings. The van der Waals surface area contributed by atoms with Crippen molar-refractivity contribution in [1.82, 2.24) is 5.32 Å². The number of nitriles is 1. The lowest BCUT2D eigenvalue weighted by Gasteiger charge is -2.23. The Balaban J connectivity index is 3.69. The fourth-order valence-electron chi connectivity index (χ4n) is 1.33. The van der Waals surface area contributed by atoms with Crippen molar-refractivity contribution in [3.63, 3.8) is 0 Å². The summed E-state index contributed by atoms with van der Waals surface area (Å²) >= 11 is 0. The average Bonchev–Trinajstić information content (AvgIpc) is 2.16. The predicted octanol–water partition coefficient (Wildman–Crippen LogP) is 2.72. The molecular formula is C13H26N2O. The van der Waals surface area contributed by atoms with E-state index in [1.54, 1.807) is 0 Å². The van der Waals surface area contributed by atoms with Gasteiger partial charge >= 0.3 is 0 Å². The van der Waals surface area contributed by atoms with Gasteiger partial charge in [0.2, 0.25) is 0 Å². The molecular weight excluding hydrogens is 200 g/mol. The highest BCUT2D eigenvalue weighted by Gasteiger charge is 2.21. The largest absolute Gasteiger partial charge is 0.381 e. The van der Waals surface area contributed by atoms with Crippen LogP contribution in [0.15, 0.2) is 0 Å². The quantitative estimate of drug-likeness (QED) is 0.679. The minimum Gasteiger partial charge on any atom is -0.381 e. The maximum Gasteiger partial charge on any atom is 0.106 e. The van der Waals surface area contributed by atoms with E-state index in [4.69, 9.17) is 10.00 Å². The number of hydrogen-bond acceptors (Lipinski definition) is 3. The topological polar surface area (TPSA) is 45.0 Å². The van der Waals surface area contributed by atoms with Crippen LogP contribution < -0.4 is 5.32 Å². The lowest BCUT2D eigenvalue weighted by atomic mass is 9.93. The Labute approximate surface area is 100 Å². The molecule has 0 radical (unpaired) electrons. The van der Waals surface area contributed by atoms with E-state index in [1.165, 1.54) is 0 Å². The molecule has 0 amide bonds. The van der Waals surface area contributed by atoms with Crippen molar-refractivity contribution in [3.8, 4) is 6.07 Å². The molecule has 0 rings (SSSR count). The third-order valence-electron chi connectivity index (χ3n) is 2.56. The molecule has 0 bridgehead atoms. The summed E-state index contributed by atoms with van der Waals surface area (Å²) in [6, 6.07) is 2.30. The van der Waals surface area contributed by atoms with Gasteiger partial charge in [0.15, 0.2) is 0 Å². The van der Waals surface area contributed by atoms with Crippen molar-refractivity contribution in [2.75, 3.05) is 19.8 Å². The van der Waals surface area contributed by atoms with Gasteiger partial charge in [-0.1, -0.05) is 27.7 Å². The zero-order valence-corrected chi connectivity index (χ0v) is 11.4. The van der Waals surface area contributed by atoms with E-state index in [-0.39, 0.29) is 0 Å². The van der Waals surface area contributed by atoms with Gasteiger partial charge in [-0.05, 0) is 25.3 Å². The standard InChI is InChI=1S/C13H26N2O/c1-6-15-13(5,11-14)8-10-16-9-7-12(2,3)4/h15H,6-10H2,1-5H3. The Morgan fingerprint density at radius 2 is 1.69 bits per heavy atom. The number of nitrogens with one attached hydrogen (secondary N) is 1. The summed E-state index contributed by atoms with van der Waals surface area (Å²) < 4.78 is 5.56. The fraction of sp³-hybridized carbons (Fsp3) is 0.923. The first-order valence-corrected chi connectivity index (χ1v) is 6.07. The van der Waals surface area contributed by atoms with E-state index < -0.39 is 5.54 Å². The number of hydrogen-bond donors (Lipinski definition) is 1. The van der Waals surface area contributed by atoms with Gasteiger partial charge in [0, 0.05) is 19.6 Å². The first kappa shape index (κ1) is 15.4. The normalized spacial score (nSPS) is 15.5. The first-order valence-electron chi connectivity index (χ1n) is 6.07. The molecule has 0 saturated carbocycles. The van der Waals surface area contributed by atoms with Crippen LogP contribution in [0.4, 0.5) is 0 Å². The maximum atomic E-state index is 9.03. The van der Waals surface area contributed by atoms with Crippen LogP contribution in [0.3, 0.4) is 0 Å². The number of nitrogens with zero attached hydrogens (tertiary/aromatic N) is 1. The molecule has 0 aromatic heterocycles. The van der Waals surface area contributed by atoms with Crippen molar-refractivity contribution in [3.05, 3.63) is 0 Å². The molecule has 0 aromatic rings. The minimum atomic E-state index is -0.448. The second-order valence-corrected chi connectivity index (χ2v) is 5.65. The molecule has 16 heavy (non-hydrogen) atoms. The molecule has 1 unspecified atom stereocenters. The second-order valence-electron chi connectivity index (χ2n) is 5.65. The van der Waals surface area contributed by atoms with Gasteiger partial charge in [0.05, 0.1) is 6.07 Å². The van der Waals surface area contributed by atoms with Gasteiger partial charge in [-0.2, -0.15) is 5.26 Å². The van der Waals surface area contributed by atoms with Gasteiger partial charge in [0.25, 0.3) is 0 Å². The zero-order chi connectivity index (χ0) is 12.7. The maximum absolute atomic E-state index is 9.03. The minimum absolute atomic E-state index is 0.320. The molecule has 0 aliphatic carbocycles. The van der Waals surface area contributed by atoms with Gasteiger partial charge in [-0.15, -0.1) is 0 Å². The van der Waals surface area contributed by atoms with Crippen LogP contribution in [0.5, 0.6) is 0 Å². The van der Waals surface area contributed by atoms with Crippen LogP contribution in [-0.4, -0.2) is 25.3 Å². The molecule has 0 spiro atoms. The summed E-state index contributed by atoms with van der Waals surface area (Å²) in [4.78, 5) is 0. The van der Waals surface area contributed by atoms with Crippen LogP contribution in [0.2, 0.25) is 0 Å². The van der Waals surface area contributed by atoms with E-state index >= 15 is 0 Å². The van der Waals surface area contributed by atoms with Gasteiger partial charge < -0.3 is 4.74 Å². The van der Waals surface area contributed by atoms with E-state index in [9.17, 15) is 0 Å². The molecule has 0 aliphatic heterocycles. The molecule has 3 heteroatoms. The third kappa shape index (κ3) is 7.67. The van der Waals surface area contributed by atoms with E-state index in [0.717, 1.165) is 26.0 Å². The molecule has 1 atom stereocenters. The summed E-state index contributed by atoms with van der Waals surface area (Å²) in [6.45, 7) is 12.8. The zero-order valence-electron chi connectivity index (χ0n) is 11.4. The molecule has 0 aromatic carbocycles. The SMILES string of the molecule is CCNC(C)(C#N)CCOCCC(C)(C)C. The van der Waals surface area contributed by atoms with Gasteiger partial charge in [-0.3, -0.25) is 5.32 Å². The molecule has 0 heterocycles. The second kappa shape index (κ2) is 6.88. The van der Waals surface area contributed by atoms with Crippen molar-refractivity contribution in [2.24, 2.45) is 5.41 Å². The summed E-state index contributed by atoms with van der Waals surface area (Å²) in [5.41, 5.74) is -0.128. The number of ether oxygens (including phenoxy) is 1. The highest BCUT2D eigenvalue weighted by molar-refractivity contribution is 5.03. The summed E-state index contributed by atoms with van der Waals surface area (Å²) in [6.07, 6.45) is 1.79. The Morgan fingerprint density at radius 1 is 1.12 bits per heavy atom. The Hall–Kier alpha value is -0.590. The molecule has 1 N–H and O–H groups in total. The van der Waals surface area contributed by atoms with Crippen LogP contribution in [0.25, 0.3) is 0 Å². The fourth-order valence-corrected chi connectivity index (χ4v) is 1.33. The Kier molecular flexibility index (Phi) is 6.62. The smallest absolute Gasteiger partial charge is 0.106 e. The van der Waals surface area contributed by atoms with Crippen molar-refractivity contribution in [2.45, 2.75) is 53.0 Å². The Morgan fingerprint density at radius 3 is 2.12 bits per heavy atom. The lowest BCUT2D eigenvalue weighted by Crippen LogP contribution is -2.41. The summed E-state index contributed by atoms with van der Waals surface area (Å²) in [7, 11) is 0. The van der Waals surface area contributed by atoms with Crippen LogP contribution in [-0.2, 0) is 4.74 Å². The summed E-state index contributed by atoms with van der Waals surface area (Å²) in [5, 5.41) is 12.2. The van der Waals surface area contributed by atoms with E-state index in [0.29, 0.717) is 12.0 Å². The molecule has 3 nitrogen and oxygen atoms in total. The Bertz CT molecular complexity index is 227. The highest BCUT2D eigenvalue weighted by Crippen LogP contribution is 2.18. The molecule has 94 valence electrons. The first-order chi connectivity index (χ1) is 7.33. The predicted molar refractivity (Wildman–Crippen MR) is 67.2 cm³/mol. The lowest BCUT2D eigenvalue weighted by molar-refractivity contribution is 0.0961. The monoisotopic (exact) mass is 226 g/mol. The van der Waals surface area contributed by atoms with Crippen LogP contribution in [0, 0.1) is 16.7 Å². The van der Waals surface area contributed by atoms with Gasteiger partial charge in [-0.25, -0.2) is 0 Å². The molecule has 0 aliphatic rings. The van der Waals surface area contributed by atoms with Gasteiger partial charge in [0.1, 0.15) is 5.54 Å². The highest BCUT2D eigenvalue weighted by atomic mass is 16.5. The van der Waals surface area contributed by atoms with Crippen LogP contribution in [0.1, 0.15) is 47.5 Å². The number of rotatable bonds is 7. The van der Waals surface area contributed by atoms with Crippen LogP contribution >= 0.6 is 0 Å². The van der Waals surface area contributed by atoms with Crippen molar-refractivity contribution < 1.29 is 4.74 Å². The van der Waals surface area contributed by atoms with Crippen molar-refractivity contribution >= 4 is 0 Å². The van der Waals surface area contributed by atoms with E-state index in [2.05, 4.69) is 32.2 Å². The van der Waals surface area contributed by atoms with E-state index in [1.807, 2.05) is 13.8 Å². The average molecular weight is 226 g/mol.